The van der Waals surface area contributed by atoms with Crippen LogP contribution in [0, 0.1) is 0 Å². The third-order valence-corrected chi connectivity index (χ3v) is 2.83. The van der Waals surface area contributed by atoms with Crippen LogP contribution >= 0.6 is 0 Å². The van der Waals surface area contributed by atoms with Gasteiger partial charge in [0.25, 0.3) is 0 Å². The first-order chi connectivity index (χ1) is 7.99. The summed E-state index contributed by atoms with van der Waals surface area (Å²) in [6, 6.07) is 0. The van der Waals surface area contributed by atoms with Crippen LogP contribution in [-0.4, -0.2) is 26.0 Å². The van der Waals surface area contributed by atoms with Crippen LogP contribution in [0.4, 0.5) is 0 Å². The molecule has 17 heavy (non-hydrogen) atoms. The van der Waals surface area contributed by atoms with Crippen LogP contribution in [-0.2, 0) is 0 Å². The zero-order valence-corrected chi connectivity index (χ0v) is 10.5. The zero-order valence-electron chi connectivity index (χ0n) is 10.5. The van der Waals surface area contributed by atoms with Crippen LogP contribution in [0.3, 0.4) is 0 Å². The second-order valence-corrected chi connectivity index (χ2v) is 4.09. The van der Waals surface area contributed by atoms with Crippen LogP contribution in [0.5, 0.6) is 0 Å². The van der Waals surface area contributed by atoms with Gasteiger partial charge in [-0.3, -0.25) is 4.99 Å². The number of aliphatic imine (C=N–C) groups is 1. The third kappa shape index (κ3) is 2.88. The van der Waals surface area contributed by atoms with Crippen LogP contribution < -0.4 is 22.5 Å². The number of rotatable bonds is 2. The molecule has 0 amide bonds. The van der Waals surface area contributed by atoms with Gasteiger partial charge in [-0.15, -0.1) is 0 Å². The van der Waals surface area contributed by atoms with E-state index in [1.54, 1.807) is 14.0 Å². The molecule has 1 rings (SSSR count). The number of nitrogens with two attached hydrogens (primary N) is 3. The van der Waals surface area contributed by atoms with Crippen molar-refractivity contribution in [2.24, 2.45) is 22.2 Å². The standard InChI is InChI=1S/C12H21N5/c1-7-4-5-17-6-9(7)10(12(15)16-3)11(14)8(2)13/h17H,1,4-6,13-14H2,2-3H3,(H2,15,16)/b10-9+,11-8+. The number of hydrogen-bond acceptors (Lipinski definition) is 4. The predicted octanol–water partition coefficient (Wildman–Crippen LogP) is -0.0316. The molecule has 0 unspecified atom stereocenters. The summed E-state index contributed by atoms with van der Waals surface area (Å²) in [6.45, 7) is 7.41. The fourth-order valence-electron chi connectivity index (χ4n) is 1.76. The van der Waals surface area contributed by atoms with Gasteiger partial charge in [-0.05, 0) is 31.0 Å². The Kier molecular flexibility index (Phi) is 4.34. The Hall–Kier alpha value is -1.75. The van der Waals surface area contributed by atoms with E-state index in [9.17, 15) is 0 Å². The SMILES string of the molecule is C=C1CCNC/C1=C(C(N)=NC)/C(N)=C(/C)N. The first kappa shape index (κ1) is 13.3. The van der Waals surface area contributed by atoms with Gasteiger partial charge in [-0.1, -0.05) is 6.58 Å². The van der Waals surface area contributed by atoms with E-state index in [2.05, 4.69) is 16.9 Å². The lowest BCUT2D eigenvalue weighted by Crippen LogP contribution is -2.31. The molecule has 7 N–H and O–H groups in total. The van der Waals surface area contributed by atoms with Crippen molar-refractivity contribution < 1.29 is 0 Å². The van der Waals surface area contributed by atoms with Crippen LogP contribution in [0.2, 0.25) is 0 Å². The largest absolute Gasteiger partial charge is 0.401 e. The van der Waals surface area contributed by atoms with E-state index in [1.165, 1.54) is 0 Å². The topological polar surface area (TPSA) is 102 Å². The Morgan fingerprint density at radius 3 is 2.47 bits per heavy atom. The molecule has 0 radical (unpaired) electrons. The molecule has 0 saturated carbocycles. The molecule has 5 heteroatoms. The van der Waals surface area contributed by atoms with Gasteiger partial charge < -0.3 is 22.5 Å². The molecule has 1 heterocycles. The molecule has 0 atom stereocenters. The Morgan fingerprint density at radius 2 is 2.00 bits per heavy atom. The Bertz CT molecular complexity index is 411. The molecule has 0 spiro atoms. The van der Waals surface area contributed by atoms with E-state index in [1.807, 2.05) is 0 Å². The minimum Gasteiger partial charge on any atom is -0.401 e. The van der Waals surface area contributed by atoms with E-state index in [-0.39, 0.29) is 0 Å². The summed E-state index contributed by atoms with van der Waals surface area (Å²) in [5.41, 5.74) is 21.4. The summed E-state index contributed by atoms with van der Waals surface area (Å²) in [5, 5.41) is 3.27. The number of hydrogen-bond donors (Lipinski definition) is 4. The molecule has 94 valence electrons. The highest BCUT2D eigenvalue weighted by molar-refractivity contribution is 6.02. The minimum absolute atomic E-state index is 0.396. The van der Waals surface area contributed by atoms with Crippen molar-refractivity contribution in [2.45, 2.75) is 13.3 Å². The van der Waals surface area contributed by atoms with E-state index < -0.39 is 0 Å². The Balaban J connectivity index is 3.36. The van der Waals surface area contributed by atoms with Crippen LogP contribution in [0.25, 0.3) is 0 Å². The minimum atomic E-state index is 0.396. The molecule has 0 aromatic rings. The zero-order chi connectivity index (χ0) is 13.0. The summed E-state index contributed by atoms with van der Waals surface area (Å²) < 4.78 is 0. The monoisotopic (exact) mass is 235 g/mol. The van der Waals surface area contributed by atoms with E-state index in [0.29, 0.717) is 29.3 Å². The normalized spacial score (nSPS) is 22.2. The van der Waals surface area contributed by atoms with Crippen molar-refractivity contribution in [3.63, 3.8) is 0 Å². The summed E-state index contributed by atoms with van der Waals surface area (Å²) in [6.07, 6.45) is 0.882. The quantitative estimate of drug-likeness (QED) is 0.398. The predicted molar refractivity (Wildman–Crippen MR) is 72.3 cm³/mol. The van der Waals surface area contributed by atoms with Crippen molar-refractivity contribution in [2.75, 3.05) is 20.1 Å². The van der Waals surface area contributed by atoms with E-state index in [4.69, 9.17) is 17.2 Å². The third-order valence-electron chi connectivity index (χ3n) is 2.83. The molecule has 1 aliphatic heterocycles. The maximum absolute atomic E-state index is 6.00. The highest BCUT2D eigenvalue weighted by Gasteiger charge is 2.19. The van der Waals surface area contributed by atoms with Gasteiger partial charge in [-0.2, -0.15) is 0 Å². The number of nitrogens with one attached hydrogen (secondary N) is 1. The fourth-order valence-corrected chi connectivity index (χ4v) is 1.76. The number of piperidine rings is 1. The van der Waals surface area contributed by atoms with Gasteiger partial charge in [0, 0.05) is 24.9 Å². The lowest BCUT2D eigenvalue weighted by Gasteiger charge is -2.23. The summed E-state index contributed by atoms with van der Waals surface area (Å²) in [5.74, 6) is 0.396. The van der Waals surface area contributed by atoms with Gasteiger partial charge in [0.2, 0.25) is 0 Å². The molecular weight excluding hydrogens is 214 g/mol. The van der Waals surface area contributed by atoms with Crippen molar-refractivity contribution in [1.29, 1.82) is 0 Å². The molecule has 1 fully saturated rings. The van der Waals surface area contributed by atoms with Gasteiger partial charge in [0.1, 0.15) is 5.84 Å². The maximum Gasteiger partial charge on any atom is 0.127 e. The Morgan fingerprint density at radius 1 is 1.35 bits per heavy atom. The summed E-state index contributed by atoms with van der Waals surface area (Å²) in [7, 11) is 1.63. The van der Waals surface area contributed by atoms with Gasteiger partial charge in [-0.25, -0.2) is 0 Å². The second kappa shape index (κ2) is 5.54. The highest BCUT2D eigenvalue weighted by atomic mass is 14.9. The number of amidine groups is 1. The molecule has 0 aliphatic carbocycles. The molecule has 1 saturated heterocycles. The van der Waals surface area contributed by atoms with Crippen molar-refractivity contribution >= 4 is 5.84 Å². The maximum atomic E-state index is 6.00. The smallest absolute Gasteiger partial charge is 0.127 e. The van der Waals surface area contributed by atoms with Gasteiger partial charge in [0.15, 0.2) is 0 Å². The van der Waals surface area contributed by atoms with Crippen molar-refractivity contribution in [1.82, 2.24) is 5.32 Å². The van der Waals surface area contributed by atoms with Gasteiger partial charge >= 0.3 is 0 Å². The Labute approximate surface area is 102 Å². The molecular formula is C12H21N5. The van der Waals surface area contributed by atoms with E-state index in [0.717, 1.165) is 24.1 Å². The fraction of sp³-hybridized carbons (Fsp3) is 0.417. The van der Waals surface area contributed by atoms with Crippen molar-refractivity contribution in [3.8, 4) is 0 Å². The average Bonchev–Trinajstić information content (AvgIpc) is 2.31. The number of nitrogens with zero attached hydrogens (tertiary/aromatic N) is 1. The van der Waals surface area contributed by atoms with Crippen LogP contribution in [0.1, 0.15) is 13.3 Å². The molecule has 0 bridgehead atoms. The summed E-state index contributed by atoms with van der Waals surface area (Å²) >= 11 is 0. The van der Waals surface area contributed by atoms with Crippen molar-refractivity contribution in [3.05, 3.63) is 34.7 Å². The summed E-state index contributed by atoms with van der Waals surface area (Å²) in [4.78, 5) is 4.00. The molecule has 1 aliphatic rings. The lowest BCUT2D eigenvalue weighted by molar-refractivity contribution is 0.682. The van der Waals surface area contributed by atoms with Crippen LogP contribution in [0.15, 0.2) is 39.7 Å². The first-order valence-electron chi connectivity index (χ1n) is 5.55. The second-order valence-electron chi connectivity index (χ2n) is 4.09. The van der Waals surface area contributed by atoms with Gasteiger partial charge in [0.05, 0.1) is 5.70 Å². The lowest BCUT2D eigenvalue weighted by atomic mass is 9.93. The number of allylic oxidation sites excluding steroid dienone is 1. The first-order valence-corrected chi connectivity index (χ1v) is 5.55. The van der Waals surface area contributed by atoms with E-state index >= 15 is 0 Å². The highest BCUT2D eigenvalue weighted by Crippen LogP contribution is 2.23. The molecule has 0 aromatic carbocycles. The molecule has 0 aromatic heterocycles. The molecule has 5 nitrogen and oxygen atoms in total. The average molecular weight is 235 g/mol.